The monoisotopic (exact) mass is 391 g/mol. The van der Waals surface area contributed by atoms with Crippen molar-refractivity contribution in [2.24, 2.45) is 0 Å². The summed E-state index contributed by atoms with van der Waals surface area (Å²) in [6.45, 7) is 6.20. The molecule has 3 rings (SSSR count). The van der Waals surface area contributed by atoms with Crippen LogP contribution < -0.4 is 4.74 Å². The molecule has 0 aromatic heterocycles. The SMILES string of the molecule is CCS(=O)(=O)CCCN1CC2CCC(C1)N2CCOc1ccc(C#N)cc1. The Morgan fingerprint density at radius 2 is 1.81 bits per heavy atom. The van der Waals surface area contributed by atoms with Crippen molar-refractivity contribution in [2.45, 2.75) is 38.3 Å². The summed E-state index contributed by atoms with van der Waals surface area (Å²) in [6, 6.07) is 10.4. The standard InChI is InChI=1S/C20H29N3O3S/c1-2-27(24,25)13-3-10-22-15-18-6-7-19(16-22)23(18)11-12-26-20-8-4-17(14-21)5-9-20/h4-5,8-9,18-19H,2-3,6-7,10-13,15-16H2,1H3. The second kappa shape index (κ2) is 9.05. The summed E-state index contributed by atoms with van der Waals surface area (Å²) in [6.07, 6.45) is 3.16. The van der Waals surface area contributed by atoms with Gasteiger partial charge in [0.05, 0.1) is 17.4 Å². The minimum absolute atomic E-state index is 0.241. The van der Waals surface area contributed by atoms with E-state index >= 15 is 0 Å². The molecule has 2 fully saturated rings. The van der Waals surface area contributed by atoms with E-state index in [1.165, 1.54) is 12.8 Å². The van der Waals surface area contributed by atoms with Gasteiger partial charge in [0, 0.05) is 37.5 Å². The van der Waals surface area contributed by atoms with Crippen LogP contribution in [0.1, 0.15) is 31.7 Å². The van der Waals surface area contributed by atoms with Crippen LogP contribution in [-0.2, 0) is 9.84 Å². The zero-order chi connectivity index (χ0) is 19.3. The van der Waals surface area contributed by atoms with E-state index in [9.17, 15) is 8.42 Å². The zero-order valence-electron chi connectivity index (χ0n) is 16.0. The Labute approximate surface area is 162 Å². The minimum atomic E-state index is -2.86. The third-order valence-corrected chi connectivity index (χ3v) is 7.47. The second-order valence-corrected chi connectivity index (χ2v) is 9.93. The van der Waals surface area contributed by atoms with Crippen molar-refractivity contribution in [1.29, 1.82) is 5.26 Å². The zero-order valence-corrected chi connectivity index (χ0v) is 16.8. The van der Waals surface area contributed by atoms with Crippen LogP contribution in [0.15, 0.2) is 24.3 Å². The largest absolute Gasteiger partial charge is 0.492 e. The van der Waals surface area contributed by atoms with Crippen LogP contribution >= 0.6 is 0 Å². The second-order valence-electron chi connectivity index (χ2n) is 7.46. The van der Waals surface area contributed by atoms with Gasteiger partial charge in [0.25, 0.3) is 0 Å². The average Bonchev–Trinajstić information content (AvgIpc) is 2.90. The Balaban J connectivity index is 1.41. The number of hydrogen-bond acceptors (Lipinski definition) is 6. The Morgan fingerprint density at radius 1 is 1.15 bits per heavy atom. The average molecular weight is 392 g/mol. The molecular weight excluding hydrogens is 362 g/mol. The number of ether oxygens (including phenoxy) is 1. The smallest absolute Gasteiger partial charge is 0.150 e. The van der Waals surface area contributed by atoms with Gasteiger partial charge < -0.3 is 9.64 Å². The lowest BCUT2D eigenvalue weighted by Gasteiger charge is -2.41. The summed E-state index contributed by atoms with van der Waals surface area (Å²) in [7, 11) is -2.86. The summed E-state index contributed by atoms with van der Waals surface area (Å²) >= 11 is 0. The van der Waals surface area contributed by atoms with Gasteiger partial charge in [-0.2, -0.15) is 5.26 Å². The van der Waals surface area contributed by atoms with Gasteiger partial charge in [-0.1, -0.05) is 6.92 Å². The minimum Gasteiger partial charge on any atom is -0.492 e. The van der Waals surface area contributed by atoms with Crippen LogP contribution in [0.3, 0.4) is 0 Å². The van der Waals surface area contributed by atoms with Gasteiger partial charge in [0.15, 0.2) is 0 Å². The van der Waals surface area contributed by atoms with E-state index < -0.39 is 9.84 Å². The number of likely N-dealkylation sites (tertiary alicyclic amines) is 1. The summed E-state index contributed by atoms with van der Waals surface area (Å²) in [4.78, 5) is 4.99. The Bertz CT molecular complexity index is 744. The first-order chi connectivity index (χ1) is 13.0. The first kappa shape index (κ1) is 20.1. The lowest BCUT2D eigenvalue weighted by molar-refractivity contribution is 0.0564. The number of nitriles is 1. The van der Waals surface area contributed by atoms with Gasteiger partial charge in [0.1, 0.15) is 22.2 Å². The fraction of sp³-hybridized carbons (Fsp3) is 0.650. The van der Waals surface area contributed by atoms with Gasteiger partial charge in [-0.25, -0.2) is 8.42 Å². The highest BCUT2D eigenvalue weighted by Crippen LogP contribution is 2.30. The van der Waals surface area contributed by atoms with Crippen molar-refractivity contribution in [3.63, 3.8) is 0 Å². The number of rotatable bonds is 9. The lowest BCUT2D eigenvalue weighted by atomic mass is 10.2. The van der Waals surface area contributed by atoms with E-state index in [-0.39, 0.29) is 5.75 Å². The topological polar surface area (TPSA) is 73.6 Å². The molecule has 2 bridgehead atoms. The molecule has 2 atom stereocenters. The van der Waals surface area contributed by atoms with E-state index in [0.29, 0.717) is 30.0 Å². The van der Waals surface area contributed by atoms with E-state index in [0.717, 1.165) is 38.3 Å². The van der Waals surface area contributed by atoms with Crippen molar-refractivity contribution in [3.8, 4) is 11.8 Å². The molecule has 0 radical (unpaired) electrons. The highest BCUT2D eigenvalue weighted by molar-refractivity contribution is 7.91. The van der Waals surface area contributed by atoms with Crippen molar-refractivity contribution < 1.29 is 13.2 Å². The van der Waals surface area contributed by atoms with Gasteiger partial charge in [0.2, 0.25) is 0 Å². The van der Waals surface area contributed by atoms with Crippen molar-refractivity contribution in [1.82, 2.24) is 9.80 Å². The molecule has 27 heavy (non-hydrogen) atoms. The third-order valence-electron chi connectivity index (χ3n) is 5.68. The summed E-state index contributed by atoms with van der Waals surface area (Å²) in [5.74, 6) is 1.35. The maximum atomic E-state index is 11.6. The molecule has 2 aliphatic heterocycles. The molecule has 2 saturated heterocycles. The fourth-order valence-corrected chi connectivity index (χ4v) is 5.03. The molecule has 0 N–H and O–H groups in total. The Morgan fingerprint density at radius 3 is 2.41 bits per heavy atom. The summed E-state index contributed by atoms with van der Waals surface area (Å²) < 4.78 is 29.1. The maximum Gasteiger partial charge on any atom is 0.150 e. The molecule has 7 heteroatoms. The molecule has 148 valence electrons. The predicted molar refractivity (Wildman–Crippen MR) is 106 cm³/mol. The molecule has 1 aromatic carbocycles. The molecule has 2 unspecified atom stereocenters. The maximum absolute atomic E-state index is 11.6. The van der Waals surface area contributed by atoms with Gasteiger partial charge >= 0.3 is 0 Å². The van der Waals surface area contributed by atoms with Crippen molar-refractivity contribution in [2.75, 3.05) is 44.3 Å². The molecule has 1 aromatic rings. The van der Waals surface area contributed by atoms with Crippen LogP contribution in [0.25, 0.3) is 0 Å². The fourth-order valence-electron chi connectivity index (χ4n) is 4.17. The van der Waals surface area contributed by atoms with Crippen LogP contribution in [-0.4, -0.2) is 74.6 Å². The normalized spacial score (nSPS) is 23.3. The highest BCUT2D eigenvalue weighted by atomic mass is 32.2. The molecule has 0 spiro atoms. The first-order valence-electron chi connectivity index (χ1n) is 9.82. The van der Waals surface area contributed by atoms with Gasteiger partial charge in [-0.3, -0.25) is 4.90 Å². The molecule has 0 amide bonds. The Hall–Kier alpha value is -1.62. The number of hydrogen-bond donors (Lipinski definition) is 0. The first-order valence-corrected chi connectivity index (χ1v) is 11.6. The van der Waals surface area contributed by atoms with Crippen molar-refractivity contribution in [3.05, 3.63) is 29.8 Å². The Kier molecular flexibility index (Phi) is 6.74. The lowest BCUT2D eigenvalue weighted by Crippen LogP contribution is -2.54. The molecule has 0 aliphatic carbocycles. The predicted octanol–water partition coefficient (Wildman–Crippen LogP) is 1.91. The van der Waals surface area contributed by atoms with Crippen molar-refractivity contribution >= 4 is 9.84 Å². The summed E-state index contributed by atoms with van der Waals surface area (Å²) in [5.41, 5.74) is 0.642. The number of nitrogens with zero attached hydrogens (tertiary/aromatic N) is 3. The van der Waals surface area contributed by atoms with Gasteiger partial charge in [-0.05, 0) is 50.1 Å². The van der Waals surface area contributed by atoms with Crippen LogP contribution in [0.5, 0.6) is 5.75 Å². The number of benzene rings is 1. The number of fused-ring (bicyclic) bond motifs is 2. The van der Waals surface area contributed by atoms with E-state index in [2.05, 4.69) is 15.9 Å². The third kappa shape index (κ3) is 5.44. The van der Waals surface area contributed by atoms with Gasteiger partial charge in [-0.15, -0.1) is 0 Å². The molecule has 2 heterocycles. The van der Waals surface area contributed by atoms with E-state index in [4.69, 9.17) is 10.00 Å². The molecule has 0 saturated carbocycles. The molecular formula is C20H29N3O3S. The van der Waals surface area contributed by atoms with Crippen LogP contribution in [0.4, 0.5) is 0 Å². The molecule has 6 nitrogen and oxygen atoms in total. The number of piperazine rings is 1. The van der Waals surface area contributed by atoms with Crippen LogP contribution in [0, 0.1) is 11.3 Å². The highest BCUT2D eigenvalue weighted by Gasteiger charge is 2.39. The van der Waals surface area contributed by atoms with Crippen LogP contribution in [0.2, 0.25) is 0 Å². The molecule has 2 aliphatic rings. The summed E-state index contributed by atoms with van der Waals surface area (Å²) in [5, 5.41) is 8.84. The number of sulfone groups is 1. The van der Waals surface area contributed by atoms with E-state index in [1.54, 1.807) is 19.1 Å². The quantitative estimate of drug-likeness (QED) is 0.640. The van der Waals surface area contributed by atoms with E-state index in [1.807, 2.05) is 12.1 Å².